The van der Waals surface area contributed by atoms with E-state index in [-0.39, 0.29) is 5.97 Å². The van der Waals surface area contributed by atoms with Gasteiger partial charge in [0, 0.05) is 6.42 Å². The highest BCUT2D eigenvalue weighted by Gasteiger charge is 2.44. The van der Waals surface area contributed by atoms with Crippen LogP contribution >= 0.6 is 0 Å². The molecule has 1 aliphatic heterocycles. The Morgan fingerprint density at radius 1 is 1.56 bits per heavy atom. The van der Waals surface area contributed by atoms with E-state index in [9.17, 15) is 4.79 Å². The van der Waals surface area contributed by atoms with E-state index in [1.54, 1.807) is 6.92 Å². The van der Waals surface area contributed by atoms with Gasteiger partial charge in [-0.25, -0.2) is 9.79 Å². The molecule has 4 heteroatoms. The predicted octanol–water partition coefficient (Wildman–Crippen LogP) is 2.09. The number of allylic oxidation sites excluding steroid dienone is 1. The molecule has 2 atom stereocenters. The van der Waals surface area contributed by atoms with Crippen molar-refractivity contribution in [2.24, 2.45) is 4.99 Å². The molecule has 1 aliphatic rings. The number of esters is 1. The standard InChI is InChI=1S/C12H19NO3/c1-4-6-7-8-12(3)10(13-9-16-12)11(14)15-5-2/h6-7,9-10H,4-5,8H2,1-3H3/b7-6+. The second kappa shape index (κ2) is 5.68. The molecule has 0 saturated heterocycles. The van der Waals surface area contributed by atoms with Gasteiger partial charge in [-0.2, -0.15) is 0 Å². The van der Waals surface area contributed by atoms with Crippen molar-refractivity contribution in [2.75, 3.05) is 6.61 Å². The molecule has 0 radical (unpaired) electrons. The first-order valence-corrected chi connectivity index (χ1v) is 5.65. The molecule has 0 aliphatic carbocycles. The number of rotatable bonds is 5. The second-order valence-electron chi connectivity index (χ2n) is 3.92. The van der Waals surface area contributed by atoms with Crippen LogP contribution in [0.4, 0.5) is 0 Å². The lowest BCUT2D eigenvalue weighted by Gasteiger charge is -2.26. The first-order chi connectivity index (χ1) is 7.64. The molecule has 0 amide bonds. The van der Waals surface area contributed by atoms with Gasteiger partial charge in [0.25, 0.3) is 0 Å². The number of ether oxygens (including phenoxy) is 2. The van der Waals surface area contributed by atoms with Gasteiger partial charge in [-0.05, 0) is 20.3 Å². The topological polar surface area (TPSA) is 47.9 Å². The van der Waals surface area contributed by atoms with Crippen molar-refractivity contribution in [3.63, 3.8) is 0 Å². The fourth-order valence-corrected chi connectivity index (χ4v) is 1.61. The van der Waals surface area contributed by atoms with Crippen LogP contribution in [-0.4, -0.2) is 30.6 Å². The van der Waals surface area contributed by atoms with Gasteiger partial charge in [-0.3, -0.25) is 0 Å². The first-order valence-electron chi connectivity index (χ1n) is 5.65. The van der Waals surface area contributed by atoms with Gasteiger partial charge in [0.05, 0.1) is 6.61 Å². The zero-order valence-corrected chi connectivity index (χ0v) is 10.1. The molecular formula is C12H19NO3. The summed E-state index contributed by atoms with van der Waals surface area (Å²) >= 11 is 0. The van der Waals surface area contributed by atoms with E-state index < -0.39 is 11.6 Å². The van der Waals surface area contributed by atoms with E-state index in [1.165, 1.54) is 6.40 Å². The van der Waals surface area contributed by atoms with E-state index in [4.69, 9.17) is 9.47 Å². The molecule has 90 valence electrons. The van der Waals surface area contributed by atoms with Crippen LogP contribution in [0.25, 0.3) is 0 Å². The van der Waals surface area contributed by atoms with Gasteiger partial charge >= 0.3 is 5.97 Å². The summed E-state index contributed by atoms with van der Waals surface area (Å²) in [7, 11) is 0. The molecule has 0 spiro atoms. The summed E-state index contributed by atoms with van der Waals surface area (Å²) in [4.78, 5) is 15.7. The molecule has 0 N–H and O–H groups in total. The fraction of sp³-hybridized carbons (Fsp3) is 0.667. The lowest BCUT2D eigenvalue weighted by molar-refractivity contribution is -0.148. The summed E-state index contributed by atoms with van der Waals surface area (Å²) in [5, 5.41) is 0. The van der Waals surface area contributed by atoms with E-state index in [0.29, 0.717) is 13.0 Å². The molecule has 0 aromatic carbocycles. The zero-order chi connectivity index (χ0) is 12.0. The Balaban J connectivity index is 2.64. The van der Waals surface area contributed by atoms with Gasteiger partial charge in [0.15, 0.2) is 12.4 Å². The van der Waals surface area contributed by atoms with Crippen molar-refractivity contribution in [2.45, 2.75) is 45.3 Å². The lowest BCUT2D eigenvalue weighted by atomic mass is 9.93. The molecule has 4 nitrogen and oxygen atoms in total. The summed E-state index contributed by atoms with van der Waals surface area (Å²) in [6.07, 6.45) is 7.04. The number of carbonyl (C=O) groups is 1. The van der Waals surface area contributed by atoms with Crippen LogP contribution in [-0.2, 0) is 14.3 Å². The normalized spacial score (nSPS) is 28.3. The first kappa shape index (κ1) is 12.7. The SMILES string of the molecule is CC/C=C/CC1(C)OC=NC1C(=O)OCC. The highest BCUT2D eigenvalue weighted by atomic mass is 16.5. The summed E-state index contributed by atoms with van der Waals surface area (Å²) in [5.74, 6) is -0.316. The van der Waals surface area contributed by atoms with E-state index in [0.717, 1.165) is 6.42 Å². The lowest BCUT2D eigenvalue weighted by Crippen LogP contribution is -2.42. The number of nitrogens with zero attached hydrogens (tertiary/aromatic N) is 1. The maximum absolute atomic E-state index is 11.7. The summed E-state index contributed by atoms with van der Waals surface area (Å²) in [6, 6.07) is -0.547. The van der Waals surface area contributed by atoms with Crippen LogP contribution in [0.5, 0.6) is 0 Å². The van der Waals surface area contributed by atoms with Crippen molar-refractivity contribution in [1.29, 1.82) is 0 Å². The Bertz CT molecular complexity index is 299. The molecule has 0 bridgehead atoms. The minimum absolute atomic E-state index is 0.316. The van der Waals surface area contributed by atoms with Crippen LogP contribution in [0.2, 0.25) is 0 Å². The highest BCUT2D eigenvalue weighted by Crippen LogP contribution is 2.28. The highest BCUT2D eigenvalue weighted by molar-refractivity contribution is 5.80. The average Bonchev–Trinajstić information content (AvgIpc) is 2.61. The molecule has 16 heavy (non-hydrogen) atoms. The summed E-state index contributed by atoms with van der Waals surface area (Å²) in [5.41, 5.74) is -0.599. The molecular weight excluding hydrogens is 206 g/mol. The minimum atomic E-state index is -0.599. The molecule has 2 unspecified atom stereocenters. The van der Waals surface area contributed by atoms with Gasteiger partial charge in [-0.15, -0.1) is 0 Å². The zero-order valence-electron chi connectivity index (χ0n) is 10.1. The maximum Gasteiger partial charge on any atom is 0.335 e. The van der Waals surface area contributed by atoms with Crippen molar-refractivity contribution in [3.8, 4) is 0 Å². The molecule has 0 aromatic heterocycles. The van der Waals surface area contributed by atoms with Crippen LogP contribution < -0.4 is 0 Å². The number of aliphatic imine (C=N–C) groups is 1. The van der Waals surface area contributed by atoms with Crippen LogP contribution in [0, 0.1) is 0 Å². The Labute approximate surface area is 96.3 Å². The summed E-state index contributed by atoms with van der Waals surface area (Å²) < 4.78 is 10.4. The largest absolute Gasteiger partial charge is 0.474 e. The van der Waals surface area contributed by atoms with E-state index in [2.05, 4.69) is 18.0 Å². The third-order valence-electron chi connectivity index (χ3n) is 2.55. The molecule has 1 heterocycles. The third-order valence-corrected chi connectivity index (χ3v) is 2.55. The minimum Gasteiger partial charge on any atom is -0.474 e. The summed E-state index contributed by atoms with van der Waals surface area (Å²) in [6.45, 7) is 6.09. The van der Waals surface area contributed by atoms with E-state index in [1.807, 2.05) is 13.0 Å². The Hall–Kier alpha value is -1.32. The molecule has 0 saturated carbocycles. The van der Waals surface area contributed by atoms with Crippen molar-refractivity contribution in [3.05, 3.63) is 12.2 Å². The molecule has 1 rings (SSSR count). The Kier molecular flexibility index (Phi) is 4.52. The van der Waals surface area contributed by atoms with Crippen molar-refractivity contribution < 1.29 is 14.3 Å². The Morgan fingerprint density at radius 2 is 2.31 bits per heavy atom. The van der Waals surface area contributed by atoms with Crippen molar-refractivity contribution in [1.82, 2.24) is 0 Å². The van der Waals surface area contributed by atoms with Gasteiger partial charge in [0.1, 0.15) is 5.60 Å². The van der Waals surface area contributed by atoms with Crippen LogP contribution in [0.1, 0.15) is 33.6 Å². The smallest absolute Gasteiger partial charge is 0.335 e. The van der Waals surface area contributed by atoms with Gasteiger partial charge in [-0.1, -0.05) is 19.1 Å². The number of hydrogen-bond donors (Lipinski definition) is 0. The molecule has 0 fully saturated rings. The van der Waals surface area contributed by atoms with Crippen LogP contribution in [0.3, 0.4) is 0 Å². The average molecular weight is 225 g/mol. The molecule has 0 aromatic rings. The van der Waals surface area contributed by atoms with Crippen molar-refractivity contribution >= 4 is 12.4 Å². The van der Waals surface area contributed by atoms with Gasteiger partial charge in [0.2, 0.25) is 0 Å². The predicted molar refractivity (Wildman–Crippen MR) is 62.5 cm³/mol. The fourth-order valence-electron chi connectivity index (χ4n) is 1.61. The Morgan fingerprint density at radius 3 is 2.94 bits per heavy atom. The maximum atomic E-state index is 11.7. The van der Waals surface area contributed by atoms with Gasteiger partial charge < -0.3 is 9.47 Å². The van der Waals surface area contributed by atoms with E-state index >= 15 is 0 Å². The number of hydrogen-bond acceptors (Lipinski definition) is 4. The quantitative estimate of drug-likeness (QED) is 0.531. The number of carbonyl (C=O) groups excluding carboxylic acids is 1. The third kappa shape index (κ3) is 2.84. The van der Waals surface area contributed by atoms with Crippen LogP contribution in [0.15, 0.2) is 17.1 Å². The second-order valence-corrected chi connectivity index (χ2v) is 3.92. The monoisotopic (exact) mass is 225 g/mol.